The van der Waals surface area contributed by atoms with E-state index in [1.807, 2.05) is 60.7 Å². The van der Waals surface area contributed by atoms with Crippen molar-refractivity contribution in [3.63, 3.8) is 0 Å². The molecule has 1 amide bonds. The molecule has 0 saturated heterocycles. The third-order valence-electron chi connectivity index (χ3n) is 3.83. The molecule has 0 bridgehead atoms. The van der Waals surface area contributed by atoms with E-state index in [1.165, 1.54) is 17.8 Å². The first kappa shape index (κ1) is 21.2. The van der Waals surface area contributed by atoms with Crippen LogP contribution in [0.3, 0.4) is 0 Å². The van der Waals surface area contributed by atoms with E-state index in [2.05, 4.69) is 5.32 Å². The number of amides is 1. The molecular weight excluding hydrogens is 378 g/mol. The maximum Gasteiger partial charge on any atom is 0.344 e. The van der Waals surface area contributed by atoms with E-state index >= 15 is 0 Å². The van der Waals surface area contributed by atoms with E-state index in [-0.39, 0.29) is 5.75 Å². The first-order valence-electron chi connectivity index (χ1n) is 8.42. The molecule has 0 unspecified atom stereocenters. The highest BCUT2D eigenvalue weighted by Crippen LogP contribution is 2.25. The summed E-state index contributed by atoms with van der Waals surface area (Å²) >= 11 is 1.23. The summed E-state index contributed by atoms with van der Waals surface area (Å²) in [5.74, 6) is -2.50. The molecular formula is C21H21NO5S. The van der Waals surface area contributed by atoms with Crippen LogP contribution in [0.5, 0.6) is 0 Å². The lowest BCUT2D eigenvalue weighted by atomic mass is 10.0. The third-order valence-corrected chi connectivity index (χ3v) is 5.01. The summed E-state index contributed by atoms with van der Waals surface area (Å²) in [5.41, 5.74) is -1.17. The van der Waals surface area contributed by atoms with Crippen LogP contribution in [0.1, 0.15) is 5.56 Å². The first-order chi connectivity index (χ1) is 13.5. The van der Waals surface area contributed by atoms with Gasteiger partial charge in [-0.05, 0) is 23.8 Å². The molecule has 0 fully saturated rings. The molecule has 2 aromatic rings. The zero-order valence-electron chi connectivity index (χ0n) is 15.6. The predicted molar refractivity (Wildman–Crippen MR) is 108 cm³/mol. The van der Waals surface area contributed by atoms with Gasteiger partial charge in [-0.15, -0.1) is 11.8 Å². The molecule has 0 aliphatic carbocycles. The van der Waals surface area contributed by atoms with Crippen molar-refractivity contribution < 1.29 is 23.9 Å². The molecule has 0 spiro atoms. The molecule has 6 nitrogen and oxygen atoms in total. The number of ether oxygens (including phenoxy) is 2. The monoisotopic (exact) mass is 399 g/mol. The van der Waals surface area contributed by atoms with Crippen LogP contribution in [0.25, 0.3) is 6.08 Å². The van der Waals surface area contributed by atoms with Crippen molar-refractivity contribution in [3.05, 3.63) is 72.3 Å². The Balaban J connectivity index is 2.25. The average Bonchev–Trinajstić information content (AvgIpc) is 2.75. The van der Waals surface area contributed by atoms with Crippen molar-refractivity contribution >= 4 is 35.7 Å². The minimum absolute atomic E-state index is 0.0821. The smallest absolute Gasteiger partial charge is 0.344 e. The molecule has 2 rings (SSSR count). The van der Waals surface area contributed by atoms with Gasteiger partial charge in [0.05, 0.1) is 14.2 Å². The molecule has 0 aromatic heterocycles. The second-order valence-electron chi connectivity index (χ2n) is 5.72. The Morgan fingerprint density at radius 1 is 0.929 bits per heavy atom. The van der Waals surface area contributed by atoms with Crippen LogP contribution in [0.2, 0.25) is 0 Å². The normalized spacial score (nSPS) is 11.1. The fourth-order valence-electron chi connectivity index (χ4n) is 2.38. The lowest BCUT2D eigenvalue weighted by Crippen LogP contribution is -2.62. The highest BCUT2D eigenvalue weighted by Gasteiger charge is 2.49. The van der Waals surface area contributed by atoms with Gasteiger partial charge >= 0.3 is 11.9 Å². The van der Waals surface area contributed by atoms with E-state index in [9.17, 15) is 14.4 Å². The largest absolute Gasteiger partial charge is 0.467 e. The van der Waals surface area contributed by atoms with Crippen LogP contribution in [0.4, 0.5) is 0 Å². The van der Waals surface area contributed by atoms with E-state index < -0.39 is 23.4 Å². The fourth-order valence-corrected chi connectivity index (χ4v) is 3.42. The topological polar surface area (TPSA) is 81.7 Å². The number of carbonyl (C=O) groups excluding carboxylic acids is 3. The van der Waals surface area contributed by atoms with Gasteiger partial charge in [0.25, 0.3) is 0 Å². The van der Waals surface area contributed by atoms with E-state index in [0.29, 0.717) is 0 Å². The van der Waals surface area contributed by atoms with Crippen molar-refractivity contribution in [2.75, 3.05) is 20.0 Å². The Kier molecular flexibility index (Phi) is 7.83. The van der Waals surface area contributed by atoms with Crippen LogP contribution in [0.15, 0.2) is 71.6 Å². The number of rotatable bonds is 8. The molecule has 1 N–H and O–H groups in total. The molecule has 7 heteroatoms. The summed E-state index contributed by atoms with van der Waals surface area (Å²) in [6.45, 7) is 0. The second-order valence-corrected chi connectivity index (χ2v) is 6.77. The van der Waals surface area contributed by atoms with Gasteiger partial charge in [0.1, 0.15) is 0 Å². The third kappa shape index (κ3) is 5.47. The molecule has 2 aromatic carbocycles. The molecule has 0 radical (unpaired) electrons. The zero-order chi connectivity index (χ0) is 20.4. The van der Waals surface area contributed by atoms with E-state index in [0.717, 1.165) is 24.7 Å². The van der Waals surface area contributed by atoms with E-state index in [4.69, 9.17) is 9.47 Å². The van der Waals surface area contributed by atoms with Crippen molar-refractivity contribution in [1.29, 1.82) is 0 Å². The number of carbonyl (C=O) groups is 3. The van der Waals surface area contributed by atoms with Gasteiger partial charge in [0.2, 0.25) is 11.4 Å². The molecule has 0 aliphatic heterocycles. The Bertz CT molecular complexity index is 820. The van der Waals surface area contributed by atoms with Crippen molar-refractivity contribution in [3.8, 4) is 0 Å². The minimum atomic E-state index is -1.97. The van der Waals surface area contributed by atoms with Crippen molar-refractivity contribution in [2.45, 2.75) is 10.4 Å². The fraction of sp³-hybridized carbons (Fsp3) is 0.190. The second kappa shape index (κ2) is 10.3. The maximum absolute atomic E-state index is 12.5. The summed E-state index contributed by atoms with van der Waals surface area (Å²) in [5, 5.41) is 2.48. The van der Waals surface area contributed by atoms with Crippen LogP contribution in [-0.2, 0) is 23.9 Å². The Morgan fingerprint density at radius 3 is 2.00 bits per heavy atom. The van der Waals surface area contributed by atoms with Crippen LogP contribution < -0.4 is 5.32 Å². The molecule has 0 atom stereocenters. The summed E-state index contributed by atoms with van der Waals surface area (Å²) in [7, 11) is 2.30. The number of hydrogen-bond acceptors (Lipinski definition) is 6. The number of esters is 2. The van der Waals surface area contributed by atoms with Crippen LogP contribution >= 0.6 is 11.8 Å². The highest BCUT2D eigenvalue weighted by atomic mass is 32.2. The van der Waals surface area contributed by atoms with Crippen molar-refractivity contribution in [1.82, 2.24) is 5.32 Å². The number of hydrogen-bond donors (Lipinski definition) is 1. The highest BCUT2D eigenvalue weighted by molar-refractivity contribution is 7.99. The number of methoxy groups -OCH3 is 2. The predicted octanol–water partition coefficient (Wildman–Crippen LogP) is 2.69. The molecule has 146 valence electrons. The van der Waals surface area contributed by atoms with Gasteiger partial charge in [0, 0.05) is 16.7 Å². The van der Waals surface area contributed by atoms with Gasteiger partial charge in [-0.25, -0.2) is 9.59 Å². The number of nitrogens with one attached hydrogen (secondary N) is 1. The summed E-state index contributed by atoms with van der Waals surface area (Å²) < 4.78 is 9.60. The first-order valence-corrected chi connectivity index (χ1v) is 9.40. The van der Waals surface area contributed by atoms with E-state index in [1.54, 1.807) is 6.08 Å². The number of benzene rings is 2. The lowest BCUT2D eigenvalue weighted by Gasteiger charge is -2.28. The Hall–Kier alpha value is -3.06. The average molecular weight is 399 g/mol. The summed E-state index contributed by atoms with van der Waals surface area (Å²) in [6, 6.07) is 18.4. The molecule has 0 aliphatic rings. The molecule has 0 heterocycles. The van der Waals surface area contributed by atoms with Gasteiger partial charge in [-0.3, -0.25) is 4.79 Å². The van der Waals surface area contributed by atoms with Gasteiger partial charge < -0.3 is 14.8 Å². The Labute approximate surface area is 167 Å². The standard InChI is InChI=1S/C21H21NO5S/c1-26-19(24)21(20(25)27-2,15-28-17-11-7-4-8-12-17)22-18(23)14-13-16-9-5-3-6-10-16/h3-14H,15H2,1-2H3,(H,22,23)/b14-13+. The SMILES string of the molecule is COC(=O)C(CSc1ccccc1)(NC(=O)/C=C/c1ccccc1)C(=O)OC. The zero-order valence-corrected chi connectivity index (χ0v) is 16.4. The Morgan fingerprint density at radius 2 is 1.46 bits per heavy atom. The minimum Gasteiger partial charge on any atom is -0.467 e. The van der Waals surface area contributed by atoms with Crippen LogP contribution in [-0.4, -0.2) is 43.4 Å². The lowest BCUT2D eigenvalue weighted by molar-refractivity contribution is -0.163. The molecule has 28 heavy (non-hydrogen) atoms. The van der Waals surface area contributed by atoms with Crippen LogP contribution in [0, 0.1) is 0 Å². The summed E-state index contributed by atoms with van der Waals surface area (Å²) in [6.07, 6.45) is 2.84. The van der Waals surface area contributed by atoms with Gasteiger partial charge in [-0.2, -0.15) is 0 Å². The number of thioether (sulfide) groups is 1. The van der Waals surface area contributed by atoms with Gasteiger partial charge in [-0.1, -0.05) is 48.5 Å². The van der Waals surface area contributed by atoms with Crippen molar-refractivity contribution in [2.24, 2.45) is 0 Å². The quantitative estimate of drug-likeness (QED) is 0.318. The maximum atomic E-state index is 12.5. The molecule has 0 saturated carbocycles. The van der Waals surface area contributed by atoms with Gasteiger partial charge in [0.15, 0.2) is 0 Å². The summed E-state index contributed by atoms with van der Waals surface area (Å²) in [4.78, 5) is 38.3.